The third kappa shape index (κ3) is 4.50. The first-order chi connectivity index (χ1) is 15.6. The van der Waals surface area contributed by atoms with E-state index in [1.54, 1.807) is 27.7 Å². The van der Waals surface area contributed by atoms with Crippen molar-refractivity contribution in [2.24, 2.45) is 10.8 Å². The van der Waals surface area contributed by atoms with Crippen LogP contribution >= 0.6 is 34.4 Å². The summed E-state index contributed by atoms with van der Waals surface area (Å²) >= 11 is 4.61. The fourth-order valence-electron chi connectivity index (χ4n) is 3.71. The van der Waals surface area contributed by atoms with Crippen LogP contribution in [0, 0.1) is 0 Å². The van der Waals surface area contributed by atoms with Gasteiger partial charge in [0.15, 0.2) is 5.16 Å². The van der Waals surface area contributed by atoms with Crippen molar-refractivity contribution in [1.29, 1.82) is 0 Å². The predicted molar refractivity (Wildman–Crippen MR) is 126 cm³/mol. The molecule has 0 bridgehead atoms. The van der Waals surface area contributed by atoms with Gasteiger partial charge in [0.25, 0.3) is 5.91 Å². The van der Waals surface area contributed by atoms with Crippen LogP contribution in [0.5, 0.6) is 0 Å². The summed E-state index contributed by atoms with van der Waals surface area (Å²) in [5.41, 5.74) is 6.29. The van der Waals surface area contributed by atoms with Crippen molar-refractivity contribution >= 4 is 52.0 Å². The van der Waals surface area contributed by atoms with E-state index in [1.165, 1.54) is 11.8 Å². The molecule has 11 heteroatoms. The second-order valence-corrected chi connectivity index (χ2v) is 10.6. The average molecular weight is 487 g/mol. The van der Waals surface area contributed by atoms with Crippen LogP contribution < -0.4 is 5.73 Å². The highest BCUT2D eigenvalue weighted by Crippen LogP contribution is 2.40. The quantitative estimate of drug-likeness (QED) is 0.465. The second kappa shape index (κ2) is 9.16. The molecule has 32 heavy (non-hydrogen) atoms. The van der Waals surface area contributed by atoms with E-state index >= 15 is 0 Å². The number of rotatable bonds is 9. The van der Waals surface area contributed by atoms with Crippen LogP contribution in [0.1, 0.15) is 53.2 Å². The molecule has 1 unspecified atom stereocenters. The lowest BCUT2D eigenvalue weighted by Gasteiger charge is -2.20. The molecule has 3 aromatic heterocycles. The molecule has 3 aromatic rings. The Labute approximate surface area is 197 Å². The molecule has 0 radical (unpaired) electrons. The Morgan fingerprint density at radius 3 is 2.66 bits per heavy atom. The van der Waals surface area contributed by atoms with Gasteiger partial charge in [0.1, 0.15) is 5.82 Å². The molecule has 1 saturated carbocycles. The zero-order valence-corrected chi connectivity index (χ0v) is 19.7. The molecule has 2 N–H and O–H groups in total. The Balaban J connectivity index is 1.33. The molecule has 1 aliphatic heterocycles. The molecule has 5 rings (SSSR count). The van der Waals surface area contributed by atoms with Crippen molar-refractivity contribution in [2.45, 2.75) is 49.3 Å². The fraction of sp³-hybridized carbons (Fsp3) is 0.381. The van der Waals surface area contributed by atoms with Crippen molar-refractivity contribution in [3.8, 4) is 0 Å². The minimum atomic E-state index is -0.362. The van der Waals surface area contributed by atoms with Crippen molar-refractivity contribution in [3.05, 3.63) is 50.6 Å². The maximum Gasteiger partial charge on any atom is 0.253 e. The molecular formula is C21H22N6O2S3. The summed E-state index contributed by atoms with van der Waals surface area (Å²) < 4.78 is 1.95. The molecule has 0 aromatic carbocycles. The number of amides is 2. The van der Waals surface area contributed by atoms with E-state index in [0.29, 0.717) is 24.0 Å². The van der Waals surface area contributed by atoms with Crippen LogP contribution in [0.2, 0.25) is 0 Å². The largest absolute Gasteiger partial charge is 0.370 e. The number of primary amides is 1. The summed E-state index contributed by atoms with van der Waals surface area (Å²) in [5, 5.41) is 19.6. The average Bonchev–Trinajstić information content (AvgIpc) is 3.28. The number of aromatic nitrogens is 3. The van der Waals surface area contributed by atoms with Gasteiger partial charge in [-0.2, -0.15) is 5.10 Å². The predicted octanol–water partition coefficient (Wildman–Crippen LogP) is 3.62. The van der Waals surface area contributed by atoms with Crippen LogP contribution in [0.25, 0.3) is 0 Å². The molecule has 1 aliphatic carbocycles. The summed E-state index contributed by atoms with van der Waals surface area (Å²) in [4.78, 5) is 26.8. The zero-order chi connectivity index (χ0) is 22.1. The minimum absolute atomic E-state index is 0.0719. The number of nitrogens with zero attached hydrogens (tertiary/aromatic N) is 5. The first-order valence-electron chi connectivity index (χ1n) is 10.4. The summed E-state index contributed by atoms with van der Waals surface area (Å²) in [6.45, 7) is 0.437. The van der Waals surface area contributed by atoms with Gasteiger partial charge in [0.05, 0.1) is 22.4 Å². The number of hydrogen-bond acceptors (Lipinski definition) is 8. The first-order valence-corrected chi connectivity index (χ1v) is 13.2. The van der Waals surface area contributed by atoms with E-state index in [9.17, 15) is 9.59 Å². The van der Waals surface area contributed by atoms with Gasteiger partial charge in [-0.3, -0.25) is 9.59 Å². The lowest BCUT2D eigenvalue weighted by atomic mass is 10.1. The normalized spacial score (nSPS) is 18.2. The Bertz CT molecular complexity index is 1130. The summed E-state index contributed by atoms with van der Waals surface area (Å²) in [6.07, 6.45) is 3.09. The molecule has 2 aliphatic rings. The monoisotopic (exact) mass is 486 g/mol. The van der Waals surface area contributed by atoms with E-state index in [2.05, 4.69) is 16.3 Å². The van der Waals surface area contributed by atoms with Crippen LogP contribution in [-0.2, 0) is 16.1 Å². The molecular weight excluding hydrogens is 464 g/mol. The highest BCUT2D eigenvalue weighted by molar-refractivity contribution is 7.99. The summed E-state index contributed by atoms with van der Waals surface area (Å²) in [5.74, 6) is 1.04. The third-order valence-electron chi connectivity index (χ3n) is 5.44. The van der Waals surface area contributed by atoms with Crippen molar-refractivity contribution < 1.29 is 9.59 Å². The maximum atomic E-state index is 13.2. The summed E-state index contributed by atoms with van der Waals surface area (Å²) in [6, 6.07) is 8.01. The van der Waals surface area contributed by atoms with Gasteiger partial charge in [-0.15, -0.1) is 32.9 Å². The van der Waals surface area contributed by atoms with Gasteiger partial charge in [-0.25, -0.2) is 5.01 Å². The molecule has 0 saturated heterocycles. The number of carbonyl (C=O) groups is 2. The van der Waals surface area contributed by atoms with Crippen LogP contribution in [0.3, 0.4) is 0 Å². The third-order valence-corrected chi connectivity index (χ3v) is 8.28. The van der Waals surface area contributed by atoms with Crippen molar-refractivity contribution in [3.63, 3.8) is 0 Å². The fourth-order valence-corrected chi connectivity index (χ4v) is 6.07. The Morgan fingerprint density at radius 1 is 1.16 bits per heavy atom. The first kappa shape index (κ1) is 21.4. The number of hydrazone groups is 1. The van der Waals surface area contributed by atoms with Gasteiger partial charge in [0.2, 0.25) is 5.91 Å². The van der Waals surface area contributed by atoms with Crippen LogP contribution in [0.4, 0.5) is 0 Å². The number of thioether (sulfide) groups is 1. The maximum absolute atomic E-state index is 13.2. The SMILES string of the molecule is NC(=O)CCn1c(SCC(=O)N2N=C(c3cccs3)CC2c2cccs2)nnc1C1CC1. The van der Waals surface area contributed by atoms with Gasteiger partial charge in [-0.1, -0.05) is 23.9 Å². The van der Waals surface area contributed by atoms with Gasteiger partial charge in [0, 0.05) is 30.2 Å². The molecule has 0 spiro atoms. The van der Waals surface area contributed by atoms with Gasteiger partial charge in [-0.05, 0) is 35.7 Å². The highest BCUT2D eigenvalue weighted by Gasteiger charge is 2.35. The topological polar surface area (TPSA) is 106 Å². The minimum Gasteiger partial charge on any atom is -0.370 e. The van der Waals surface area contributed by atoms with E-state index in [0.717, 1.165) is 34.1 Å². The molecule has 1 atom stereocenters. The van der Waals surface area contributed by atoms with Gasteiger partial charge < -0.3 is 10.3 Å². The van der Waals surface area contributed by atoms with Crippen molar-refractivity contribution in [2.75, 3.05) is 5.75 Å². The van der Waals surface area contributed by atoms with Crippen molar-refractivity contribution in [1.82, 2.24) is 19.8 Å². The highest BCUT2D eigenvalue weighted by atomic mass is 32.2. The zero-order valence-electron chi connectivity index (χ0n) is 17.2. The summed E-state index contributed by atoms with van der Waals surface area (Å²) in [7, 11) is 0. The smallest absolute Gasteiger partial charge is 0.253 e. The molecule has 4 heterocycles. The number of thiophene rings is 2. The van der Waals surface area contributed by atoms with Crippen LogP contribution in [0.15, 0.2) is 45.3 Å². The van der Waals surface area contributed by atoms with E-state index < -0.39 is 0 Å². The molecule has 2 amide bonds. The lowest BCUT2D eigenvalue weighted by molar-refractivity contribution is -0.130. The van der Waals surface area contributed by atoms with Crippen LogP contribution in [-0.4, -0.2) is 43.1 Å². The standard InChI is InChI=1S/C21H22N6O2S3/c22-18(28)7-8-26-20(13-5-6-13)23-24-21(26)32-12-19(29)27-15(17-4-2-10-31-17)11-14(25-27)16-3-1-9-30-16/h1-4,9-10,13,15H,5-8,11-12H2,(H2,22,28). The Kier molecular flexibility index (Phi) is 6.11. The Morgan fingerprint density at radius 2 is 1.97 bits per heavy atom. The van der Waals surface area contributed by atoms with E-state index in [4.69, 9.17) is 10.8 Å². The van der Waals surface area contributed by atoms with E-state index in [-0.39, 0.29) is 30.0 Å². The lowest BCUT2D eigenvalue weighted by Crippen LogP contribution is -2.28. The van der Waals surface area contributed by atoms with Gasteiger partial charge >= 0.3 is 0 Å². The Hall–Kier alpha value is -2.50. The molecule has 1 fully saturated rings. The molecule has 166 valence electrons. The second-order valence-electron chi connectivity index (χ2n) is 7.77. The number of nitrogens with two attached hydrogens (primary N) is 1. The number of carbonyl (C=O) groups excluding carboxylic acids is 2. The number of hydrogen-bond donors (Lipinski definition) is 1. The van der Waals surface area contributed by atoms with E-state index in [1.807, 2.05) is 33.5 Å². The molecule has 8 nitrogen and oxygen atoms in total.